The van der Waals surface area contributed by atoms with Gasteiger partial charge in [0.05, 0.1) is 7.11 Å². The van der Waals surface area contributed by atoms with Gasteiger partial charge in [-0.05, 0) is 42.0 Å². The van der Waals surface area contributed by atoms with Gasteiger partial charge in [0.15, 0.2) is 5.67 Å². The average molecular weight is 371 g/mol. The van der Waals surface area contributed by atoms with E-state index in [1.54, 1.807) is 60.8 Å². The van der Waals surface area contributed by atoms with E-state index in [2.05, 4.69) is 10.3 Å². The maximum atomic E-state index is 15.0. The highest BCUT2D eigenvalue weighted by atomic mass is 19.1. The summed E-state index contributed by atoms with van der Waals surface area (Å²) >= 11 is 0. The molecule has 1 aliphatic rings. The molecular weight excluding hydrogens is 349 g/mol. The van der Waals surface area contributed by atoms with Crippen molar-refractivity contribution < 1.29 is 18.7 Å². The lowest BCUT2D eigenvalue weighted by atomic mass is 9.92. The van der Waals surface area contributed by atoms with Gasteiger partial charge < -0.3 is 15.0 Å². The number of aromatic nitrogens is 1. The number of alkyl halides is 1. The van der Waals surface area contributed by atoms with E-state index in [4.69, 9.17) is 4.74 Å². The summed E-state index contributed by atoms with van der Waals surface area (Å²) in [4.78, 5) is 30.3. The highest BCUT2D eigenvalue weighted by Gasteiger charge is 2.42. The molecule has 2 amide bonds. The third kappa shape index (κ3) is 4.42. The molecule has 1 saturated heterocycles. The first-order valence-corrected chi connectivity index (χ1v) is 8.81. The summed E-state index contributed by atoms with van der Waals surface area (Å²) in [6.45, 7) is 0.648. The third-order valence-corrected chi connectivity index (χ3v) is 4.79. The van der Waals surface area contributed by atoms with Gasteiger partial charge >= 0.3 is 0 Å². The van der Waals surface area contributed by atoms with E-state index >= 15 is 4.39 Å². The molecule has 6 nitrogen and oxygen atoms in total. The second-order valence-electron chi connectivity index (χ2n) is 6.52. The van der Waals surface area contributed by atoms with Crippen molar-refractivity contribution in [2.45, 2.75) is 25.1 Å². The van der Waals surface area contributed by atoms with Crippen molar-refractivity contribution in [2.24, 2.45) is 0 Å². The second-order valence-corrected chi connectivity index (χ2v) is 6.52. The Bertz CT molecular complexity index is 788. The predicted octanol–water partition coefficient (Wildman–Crippen LogP) is 2.35. The number of pyridine rings is 1. The van der Waals surface area contributed by atoms with Crippen molar-refractivity contribution in [3.8, 4) is 5.75 Å². The predicted molar refractivity (Wildman–Crippen MR) is 98.1 cm³/mol. The maximum absolute atomic E-state index is 15.0. The molecule has 142 valence electrons. The van der Waals surface area contributed by atoms with Crippen LogP contribution in [-0.2, 0) is 11.3 Å². The molecule has 3 rings (SSSR count). The van der Waals surface area contributed by atoms with Gasteiger partial charge in [-0.1, -0.05) is 0 Å². The molecule has 1 aromatic carbocycles. The van der Waals surface area contributed by atoms with Crippen LogP contribution < -0.4 is 10.1 Å². The first-order chi connectivity index (χ1) is 13.0. The minimum absolute atomic E-state index is 0.0168. The number of nitrogens with one attached hydrogen (secondary N) is 1. The van der Waals surface area contributed by atoms with Crippen LogP contribution in [0.1, 0.15) is 28.8 Å². The molecule has 0 atom stereocenters. The van der Waals surface area contributed by atoms with Crippen molar-refractivity contribution in [1.82, 2.24) is 15.2 Å². The zero-order valence-corrected chi connectivity index (χ0v) is 15.2. The molecule has 1 aromatic heterocycles. The number of hydrogen-bond donors (Lipinski definition) is 1. The number of amides is 2. The molecular formula is C20H22FN3O3. The molecule has 1 fully saturated rings. The fraction of sp³-hybridized carbons (Fsp3) is 0.350. The summed E-state index contributed by atoms with van der Waals surface area (Å²) in [7, 11) is 1.56. The van der Waals surface area contributed by atoms with Gasteiger partial charge in [0.25, 0.3) is 11.8 Å². The van der Waals surface area contributed by atoms with Crippen LogP contribution in [0.25, 0.3) is 0 Å². The van der Waals surface area contributed by atoms with Gasteiger partial charge in [-0.25, -0.2) is 4.39 Å². The van der Waals surface area contributed by atoms with Crippen LogP contribution in [0.2, 0.25) is 0 Å². The maximum Gasteiger partial charge on any atom is 0.258 e. The monoisotopic (exact) mass is 371 g/mol. The number of halogens is 1. The molecule has 0 aliphatic carbocycles. The highest BCUT2D eigenvalue weighted by molar-refractivity contribution is 5.94. The zero-order chi connectivity index (χ0) is 19.3. The Morgan fingerprint density at radius 2 is 1.78 bits per heavy atom. The van der Waals surface area contributed by atoms with E-state index in [-0.39, 0.29) is 38.4 Å². The van der Waals surface area contributed by atoms with Gasteiger partial charge in [0, 0.05) is 50.4 Å². The molecule has 2 aromatic rings. The Kier molecular flexibility index (Phi) is 5.69. The van der Waals surface area contributed by atoms with Crippen LogP contribution in [0.5, 0.6) is 5.75 Å². The largest absolute Gasteiger partial charge is 0.497 e. The van der Waals surface area contributed by atoms with Crippen LogP contribution in [-0.4, -0.2) is 47.6 Å². The minimum Gasteiger partial charge on any atom is -0.497 e. The lowest BCUT2D eigenvalue weighted by Crippen LogP contribution is -2.52. The van der Waals surface area contributed by atoms with Crippen LogP contribution in [0.15, 0.2) is 48.8 Å². The van der Waals surface area contributed by atoms with Gasteiger partial charge in [-0.15, -0.1) is 0 Å². The van der Waals surface area contributed by atoms with Crippen molar-refractivity contribution in [2.75, 3.05) is 20.2 Å². The number of ether oxygens (including phenoxy) is 1. The van der Waals surface area contributed by atoms with Crippen LogP contribution in [0, 0.1) is 0 Å². The smallest absolute Gasteiger partial charge is 0.258 e. The molecule has 2 heterocycles. The van der Waals surface area contributed by atoms with Gasteiger partial charge in [-0.2, -0.15) is 0 Å². The normalized spacial score (nSPS) is 15.9. The quantitative estimate of drug-likeness (QED) is 0.876. The number of likely N-dealkylation sites (tertiary alicyclic amines) is 1. The number of piperidine rings is 1. The molecule has 7 heteroatoms. The lowest BCUT2D eigenvalue weighted by molar-refractivity contribution is -0.135. The number of nitrogens with zero attached hydrogens (tertiary/aromatic N) is 2. The highest BCUT2D eigenvalue weighted by Crippen LogP contribution is 2.28. The average Bonchev–Trinajstić information content (AvgIpc) is 2.73. The first-order valence-electron chi connectivity index (χ1n) is 8.81. The van der Waals surface area contributed by atoms with E-state index < -0.39 is 11.6 Å². The fourth-order valence-electron chi connectivity index (χ4n) is 3.05. The number of carbonyl (C=O) groups excluding carboxylic acids is 2. The van der Waals surface area contributed by atoms with Crippen molar-refractivity contribution >= 4 is 11.8 Å². The molecule has 0 bridgehead atoms. The summed E-state index contributed by atoms with van der Waals surface area (Å²) in [6, 6.07) is 10.3. The van der Waals surface area contributed by atoms with Crippen molar-refractivity contribution in [3.63, 3.8) is 0 Å². The molecule has 0 radical (unpaired) electrons. The molecule has 0 saturated carbocycles. The Labute approximate surface area is 157 Å². The first kappa shape index (κ1) is 18.8. The molecule has 1 N–H and O–H groups in total. The van der Waals surface area contributed by atoms with Crippen molar-refractivity contribution in [1.29, 1.82) is 0 Å². The Morgan fingerprint density at radius 3 is 2.37 bits per heavy atom. The molecule has 0 unspecified atom stereocenters. The summed E-state index contributed by atoms with van der Waals surface area (Å²) in [5.41, 5.74) is -0.581. The van der Waals surface area contributed by atoms with Crippen LogP contribution >= 0.6 is 0 Å². The lowest BCUT2D eigenvalue weighted by Gasteiger charge is -2.35. The Balaban J connectivity index is 1.54. The molecule has 0 spiro atoms. The number of methoxy groups -OCH3 is 1. The molecule has 27 heavy (non-hydrogen) atoms. The summed E-state index contributed by atoms with van der Waals surface area (Å²) in [5, 5.41) is 2.64. The van der Waals surface area contributed by atoms with Crippen LogP contribution in [0.4, 0.5) is 4.39 Å². The number of benzene rings is 1. The van der Waals surface area contributed by atoms with Gasteiger partial charge in [0.2, 0.25) is 0 Å². The SMILES string of the molecule is COc1ccc(C(=O)N2CCC(F)(C(=O)NCc3ccncc3)CC2)cc1. The number of hydrogen-bond acceptors (Lipinski definition) is 4. The van der Waals surface area contributed by atoms with E-state index in [9.17, 15) is 9.59 Å². The van der Waals surface area contributed by atoms with Crippen molar-refractivity contribution in [3.05, 3.63) is 59.9 Å². The minimum atomic E-state index is -1.95. The zero-order valence-electron chi connectivity index (χ0n) is 15.2. The van der Waals surface area contributed by atoms with E-state index in [0.29, 0.717) is 11.3 Å². The Morgan fingerprint density at radius 1 is 1.15 bits per heavy atom. The van der Waals surface area contributed by atoms with E-state index in [0.717, 1.165) is 5.56 Å². The van der Waals surface area contributed by atoms with Crippen LogP contribution in [0.3, 0.4) is 0 Å². The van der Waals surface area contributed by atoms with E-state index in [1.165, 1.54) is 0 Å². The van der Waals surface area contributed by atoms with Gasteiger partial charge in [-0.3, -0.25) is 14.6 Å². The standard InChI is InChI=1S/C20H22FN3O3/c1-27-17-4-2-16(3-5-17)18(25)24-12-8-20(21,9-13-24)19(26)23-14-15-6-10-22-11-7-15/h2-7,10-11H,8-9,12-14H2,1H3,(H,23,26). The number of rotatable bonds is 5. The topological polar surface area (TPSA) is 71.5 Å². The summed E-state index contributed by atoms with van der Waals surface area (Å²) < 4.78 is 20.1. The Hall–Kier alpha value is -2.96. The fourth-order valence-corrected chi connectivity index (χ4v) is 3.05. The third-order valence-electron chi connectivity index (χ3n) is 4.79. The summed E-state index contributed by atoms with van der Waals surface area (Å²) in [6.07, 6.45) is 3.21. The van der Waals surface area contributed by atoms with E-state index in [1.807, 2.05) is 0 Å². The molecule has 1 aliphatic heterocycles. The van der Waals surface area contributed by atoms with Gasteiger partial charge in [0.1, 0.15) is 5.75 Å². The second kappa shape index (κ2) is 8.16. The number of carbonyl (C=O) groups is 2. The summed E-state index contributed by atoms with van der Waals surface area (Å²) in [5.74, 6) is -0.133.